The maximum Gasteiger partial charge on any atom is 0.251 e. The molecule has 1 amide bonds. The van der Waals surface area contributed by atoms with Gasteiger partial charge in [0, 0.05) is 24.6 Å². The summed E-state index contributed by atoms with van der Waals surface area (Å²) in [5.74, 6) is -0.123. The molecule has 0 unspecified atom stereocenters. The van der Waals surface area contributed by atoms with Crippen molar-refractivity contribution in [3.8, 4) is 0 Å². The molecule has 0 atom stereocenters. The number of fused-ring (bicyclic) bond motifs is 2. The molecule has 0 radical (unpaired) electrons. The van der Waals surface area contributed by atoms with Crippen LogP contribution in [0, 0.1) is 0 Å². The largest absolute Gasteiger partial charge is 0.309 e. The van der Waals surface area contributed by atoms with Crippen molar-refractivity contribution < 1.29 is 13.2 Å². The Morgan fingerprint density at radius 1 is 1.22 bits per heavy atom. The molecule has 1 aliphatic heterocycles. The second kappa shape index (κ2) is 6.90. The van der Waals surface area contributed by atoms with Gasteiger partial charge in [-0.05, 0) is 54.8 Å². The number of aryl methyl sites for hydroxylation is 1. The van der Waals surface area contributed by atoms with Crippen LogP contribution in [0.25, 0.3) is 16.3 Å². The van der Waals surface area contributed by atoms with E-state index in [0.29, 0.717) is 11.4 Å². The molecule has 1 aromatic heterocycles. The molecular weight excluding hydrogens is 380 g/mol. The molecule has 5 nitrogen and oxygen atoms in total. The average molecular weight is 399 g/mol. The van der Waals surface area contributed by atoms with Gasteiger partial charge < -0.3 is 4.90 Å². The number of benzene rings is 2. The molecule has 0 saturated heterocycles. The zero-order chi connectivity index (χ0) is 19.0. The molecule has 0 spiro atoms. The van der Waals surface area contributed by atoms with Crippen molar-refractivity contribution in [2.24, 2.45) is 0 Å². The topological polar surface area (TPSA) is 67.3 Å². The molecule has 7 heteroatoms. The van der Waals surface area contributed by atoms with E-state index in [1.165, 1.54) is 12.3 Å². The fourth-order valence-electron chi connectivity index (χ4n) is 3.23. The highest BCUT2D eigenvalue weighted by Crippen LogP contribution is 2.30. The molecule has 4 rings (SSSR count). The molecule has 0 saturated carbocycles. The Morgan fingerprint density at radius 3 is 2.81 bits per heavy atom. The van der Waals surface area contributed by atoms with Crippen LogP contribution < -0.4 is 4.90 Å². The van der Waals surface area contributed by atoms with E-state index in [1.807, 2.05) is 24.3 Å². The zero-order valence-corrected chi connectivity index (χ0v) is 16.4. The third kappa shape index (κ3) is 3.65. The first-order chi connectivity index (χ1) is 12.9. The van der Waals surface area contributed by atoms with Crippen LogP contribution in [0.5, 0.6) is 0 Å². The van der Waals surface area contributed by atoms with Crippen molar-refractivity contribution in [2.45, 2.75) is 17.7 Å². The van der Waals surface area contributed by atoms with Crippen LogP contribution in [-0.2, 0) is 21.1 Å². The maximum atomic E-state index is 12.7. The highest BCUT2D eigenvalue weighted by Gasteiger charge is 2.22. The average Bonchev–Trinajstić information content (AvgIpc) is 3.07. The Balaban J connectivity index is 1.59. The van der Waals surface area contributed by atoms with Gasteiger partial charge in [0.05, 0.1) is 15.1 Å². The second-order valence-electron chi connectivity index (χ2n) is 6.51. The number of thiazole rings is 1. The highest BCUT2D eigenvalue weighted by molar-refractivity contribution is 7.90. The molecule has 0 fully saturated rings. The summed E-state index contributed by atoms with van der Waals surface area (Å²) in [7, 11) is -3.26. The van der Waals surface area contributed by atoms with Crippen molar-refractivity contribution in [1.29, 1.82) is 0 Å². The lowest BCUT2D eigenvalue weighted by Crippen LogP contribution is -2.34. The summed E-state index contributed by atoms with van der Waals surface area (Å²) >= 11 is 1.54. The van der Waals surface area contributed by atoms with Gasteiger partial charge in [-0.1, -0.05) is 12.1 Å². The fraction of sp³-hybridized carbons (Fsp3) is 0.200. The normalized spacial score (nSPS) is 14.6. The molecule has 138 valence electrons. The molecule has 2 heterocycles. The summed E-state index contributed by atoms with van der Waals surface area (Å²) in [6.45, 7) is 0.619. The quantitative estimate of drug-likeness (QED) is 0.631. The number of rotatable bonds is 3. The zero-order valence-electron chi connectivity index (χ0n) is 14.8. The van der Waals surface area contributed by atoms with E-state index in [-0.39, 0.29) is 5.91 Å². The van der Waals surface area contributed by atoms with Crippen LogP contribution in [0.3, 0.4) is 0 Å². The summed E-state index contributed by atoms with van der Waals surface area (Å²) in [6, 6.07) is 12.8. The number of carbonyl (C=O) groups excluding carboxylic acids is 1. The first kappa shape index (κ1) is 17.9. The van der Waals surface area contributed by atoms with Gasteiger partial charge in [0.25, 0.3) is 5.91 Å². The van der Waals surface area contributed by atoms with Gasteiger partial charge in [-0.3, -0.25) is 4.79 Å². The Hall–Kier alpha value is -2.51. The molecule has 2 aromatic carbocycles. The number of nitrogens with zero attached hydrogens (tertiary/aromatic N) is 2. The van der Waals surface area contributed by atoms with Crippen LogP contribution in [0.1, 0.15) is 17.0 Å². The molecule has 1 aliphatic rings. The van der Waals surface area contributed by atoms with Crippen molar-refractivity contribution in [3.05, 3.63) is 59.1 Å². The van der Waals surface area contributed by atoms with Crippen molar-refractivity contribution in [2.75, 3.05) is 17.7 Å². The molecule has 3 aromatic rings. The number of amides is 1. The number of carbonyl (C=O) groups is 1. The molecule has 27 heavy (non-hydrogen) atoms. The summed E-state index contributed by atoms with van der Waals surface area (Å²) in [5.41, 5.74) is 2.60. The molecule has 0 bridgehead atoms. The predicted octanol–water partition coefficient (Wildman–Crippen LogP) is 3.69. The first-order valence-corrected chi connectivity index (χ1v) is 11.3. The van der Waals surface area contributed by atoms with Gasteiger partial charge in [-0.25, -0.2) is 13.4 Å². The number of anilines is 1. The Kier molecular flexibility index (Phi) is 4.57. The minimum atomic E-state index is -3.26. The lowest BCUT2D eigenvalue weighted by atomic mass is 10.0. The maximum absolute atomic E-state index is 12.7. The standard InChI is InChI=1S/C20H18N2O3S2/c1-27(24,25)15-8-9-17-14(13-15)5-4-12-22(17)20(23)11-10-19-21-16-6-2-3-7-18(16)26-19/h2-3,6-11,13H,4-5,12H2,1H3/b11-10+. The third-order valence-corrected chi connectivity index (χ3v) is 6.65. The number of hydrogen-bond acceptors (Lipinski definition) is 5. The van der Waals surface area contributed by atoms with Gasteiger partial charge >= 0.3 is 0 Å². The molecular formula is C20H18N2O3S2. The van der Waals surface area contributed by atoms with Crippen LogP contribution in [0.2, 0.25) is 0 Å². The number of aromatic nitrogens is 1. The lowest BCUT2D eigenvalue weighted by molar-refractivity contribution is -0.114. The van der Waals surface area contributed by atoms with Crippen molar-refractivity contribution in [1.82, 2.24) is 4.98 Å². The number of hydrogen-bond donors (Lipinski definition) is 0. The predicted molar refractivity (Wildman–Crippen MR) is 109 cm³/mol. The highest BCUT2D eigenvalue weighted by atomic mass is 32.2. The van der Waals surface area contributed by atoms with E-state index in [2.05, 4.69) is 4.98 Å². The molecule has 0 aliphatic carbocycles. The summed E-state index contributed by atoms with van der Waals surface area (Å²) in [6.07, 6.45) is 6.05. The number of para-hydroxylation sites is 1. The van der Waals surface area contributed by atoms with E-state index < -0.39 is 9.84 Å². The van der Waals surface area contributed by atoms with Gasteiger partial charge in [-0.2, -0.15) is 0 Å². The minimum absolute atomic E-state index is 0.123. The van der Waals surface area contributed by atoms with E-state index in [4.69, 9.17) is 0 Å². The van der Waals surface area contributed by atoms with E-state index >= 15 is 0 Å². The SMILES string of the molecule is CS(=O)(=O)c1ccc2c(c1)CCCN2C(=O)/C=C/c1nc2ccccc2s1. The van der Waals surface area contributed by atoms with Crippen LogP contribution in [0.4, 0.5) is 5.69 Å². The Bertz CT molecular complexity index is 1130. The first-order valence-electron chi connectivity index (χ1n) is 8.60. The van der Waals surface area contributed by atoms with Crippen molar-refractivity contribution in [3.63, 3.8) is 0 Å². The smallest absolute Gasteiger partial charge is 0.251 e. The fourth-order valence-corrected chi connectivity index (χ4v) is 4.77. The van der Waals surface area contributed by atoms with E-state index in [0.717, 1.165) is 39.3 Å². The monoisotopic (exact) mass is 398 g/mol. The van der Waals surface area contributed by atoms with Gasteiger partial charge in [-0.15, -0.1) is 11.3 Å². The van der Waals surface area contributed by atoms with Gasteiger partial charge in [0.15, 0.2) is 9.84 Å². The van der Waals surface area contributed by atoms with Crippen molar-refractivity contribution >= 4 is 49.1 Å². The summed E-state index contributed by atoms with van der Waals surface area (Å²) in [4.78, 5) is 19.2. The van der Waals surface area contributed by atoms with Gasteiger partial charge in [0.2, 0.25) is 0 Å². The Morgan fingerprint density at radius 2 is 2.04 bits per heavy atom. The van der Waals surface area contributed by atoms with Crippen LogP contribution in [-0.4, -0.2) is 32.1 Å². The van der Waals surface area contributed by atoms with Crippen LogP contribution >= 0.6 is 11.3 Å². The van der Waals surface area contributed by atoms with Crippen LogP contribution in [0.15, 0.2) is 53.4 Å². The lowest BCUT2D eigenvalue weighted by Gasteiger charge is -2.29. The molecule has 0 N–H and O–H groups in total. The van der Waals surface area contributed by atoms with E-state index in [1.54, 1.807) is 40.5 Å². The Labute approximate surface area is 161 Å². The second-order valence-corrected chi connectivity index (χ2v) is 9.59. The van der Waals surface area contributed by atoms with E-state index in [9.17, 15) is 13.2 Å². The summed E-state index contributed by atoms with van der Waals surface area (Å²) < 4.78 is 24.6. The minimum Gasteiger partial charge on any atom is -0.309 e. The van der Waals surface area contributed by atoms with Gasteiger partial charge in [0.1, 0.15) is 5.01 Å². The third-order valence-electron chi connectivity index (χ3n) is 4.54. The number of sulfone groups is 1. The summed E-state index contributed by atoms with van der Waals surface area (Å²) in [5, 5.41) is 0.786.